The monoisotopic (exact) mass is 253 g/mol. The molecule has 0 aromatic heterocycles. The molecule has 0 aliphatic carbocycles. The van der Waals surface area contributed by atoms with Gasteiger partial charge < -0.3 is 5.73 Å². The standard InChI is InChI=1S/C17H19NO/c1-12-7-13(2)9-15(8-12)11-17(19)10-14-3-5-16(18)6-4-14/h3-9H,10-11,18H2,1-2H3. The SMILES string of the molecule is Cc1cc(C)cc(CC(=O)Cc2ccc(N)cc2)c1. The van der Waals surface area contributed by atoms with Crippen LogP contribution < -0.4 is 5.73 Å². The van der Waals surface area contributed by atoms with Crippen LogP contribution in [0.4, 0.5) is 5.69 Å². The largest absolute Gasteiger partial charge is 0.399 e. The molecule has 2 rings (SSSR count). The van der Waals surface area contributed by atoms with Gasteiger partial charge in [-0.2, -0.15) is 0 Å². The molecule has 2 heteroatoms. The van der Waals surface area contributed by atoms with Crippen LogP contribution in [0.15, 0.2) is 42.5 Å². The van der Waals surface area contributed by atoms with E-state index in [-0.39, 0.29) is 5.78 Å². The summed E-state index contributed by atoms with van der Waals surface area (Å²) >= 11 is 0. The lowest BCUT2D eigenvalue weighted by atomic mass is 10.00. The second kappa shape index (κ2) is 5.70. The molecule has 0 aliphatic rings. The summed E-state index contributed by atoms with van der Waals surface area (Å²) in [6.45, 7) is 4.11. The van der Waals surface area contributed by atoms with E-state index in [1.807, 2.05) is 24.3 Å². The number of anilines is 1. The number of carbonyl (C=O) groups is 1. The molecule has 0 fully saturated rings. The number of nitrogens with two attached hydrogens (primary N) is 1. The van der Waals surface area contributed by atoms with Crippen molar-refractivity contribution in [1.29, 1.82) is 0 Å². The molecule has 0 saturated carbocycles. The Labute approximate surface area is 114 Å². The van der Waals surface area contributed by atoms with E-state index in [2.05, 4.69) is 32.0 Å². The highest BCUT2D eigenvalue weighted by Gasteiger charge is 2.06. The molecule has 0 saturated heterocycles. The minimum Gasteiger partial charge on any atom is -0.399 e. The zero-order valence-corrected chi connectivity index (χ0v) is 11.4. The molecule has 98 valence electrons. The number of rotatable bonds is 4. The summed E-state index contributed by atoms with van der Waals surface area (Å²) < 4.78 is 0. The smallest absolute Gasteiger partial charge is 0.141 e. The van der Waals surface area contributed by atoms with Gasteiger partial charge in [0, 0.05) is 18.5 Å². The van der Waals surface area contributed by atoms with Crippen LogP contribution in [-0.2, 0) is 17.6 Å². The molecule has 2 aromatic rings. The van der Waals surface area contributed by atoms with E-state index >= 15 is 0 Å². The molecule has 0 unspecified atom stereocenters. The Hall–Kier alpha value is -2.09. The molecule has 0 spiro atoms. The van der Waals surface area contributed by atoms with E-state index in [0.717, 1.165) is 16.8 Å². The molecule has 0 aliphatic heterocycles. The number of nitrogen functional groups attached to an aromatic ring is 1. The highest BCUT2D eigenvalue weighted by atomic mass is 16.1. The lowest BCUT2D eigenvalue weighted by molar-refractivity contribution is -0.117. The maximum Gasteiger partial charge on any atom is 0.141 e. The van der Waals surface area contributed by atoms with E-state index < -0.39 is 0 Å². The van der Waals surface area contributed by atoms with Gasteiger partial charge >= 0.3 is 0 Å². The number of ketones is 1. The molecule has 0 heterocycles. The first kappa shape index (κ1) is 13.3. The predicted octanol–water partition coefficient (Wildman–Crippen LogP) is 3.24. The van der Waals surface area contributed by atoms with Crippen molar-refractivity contribution in [2.45, 2.75) is 26.7 Å². The lowest BCUT2D eigenvalue weighted by Gasteiger charge is -2.05. The first-order valence-electron chi connectivity index (χ1n) is 6.46. The molecular formula is C17H19NO. The lowest BCUT2D eigenvalue weighted by Crippen LogP contribution is -2.07. The quantitative estimate of drug-likeness (QED) is 0.850. The van der Waals surface area contributed by atoms with Crippen LogP contribution in [0.5, 0.6) is 0 Å². The summed E-state index contributed by atoms with van der Waals surface area (Å²) in [7, 11) is 0. The summed E-state index contributed by atoms with van der Waals surface area (Å²) in [6, 6.07) is 13.8. The number of Topliss-reactive ketones (excluding diaryl/α,β-unsaturated/α-hetero) is 1. The fourth-order valence-electron chi connectivity index (χ4n) is 2.32. The van der Waals surface area contributed by atoms with Gasteiger partial charge in [0.2, 0.25) is 0 Å². The molecule has 0 atom stereocenters. The summed E-state index contributed by atoms with van der Waals surface area (Å²) in [5, 5.41) is 0. The van der Waals surface area contributed by atoms with Crippen molar-refractivity contribution >= 4 is 11.5 Å². The summed E-state index contributed by atoms with van der Waals surface area (Å²) in [4.78, 5) is 12.1. The fourth-order valence-corrected chi connectivity index (χ4v) is 2.32. The highest BCUT2D eigenvalue weighted by Crippen LogP contribution is 2.12. The van der Waals surface area contributed by atoms with Gasteiger partial charge in [0.05, 0.1) is 0 Å². The molecule has 0 amide bonds. The van der Waals surface area contributed by atoms with Crippen molar-refractivity contribution in [2.75, 3.05) is 5.73 Å². The maximum atomic E-state index is 12.1. The fraction of sp³-hybridized carbons (Fsp3) is 0.235. The van der Waals surface area contributed by atoms with E-state index in [4.69, 9.17) is 5.73 Å². The third-order valence-corrected chi connectivity index (χ3v) is 3.06. The van der Waals surface area contributed by atoms with Gasteiger partial charge in [-0.25, -0.2) is 0 Å². The minimum atomic E-state index is 0.231. The van der Waals surface area contributed by atoms with Crippen molar-refractivity contribution in [1.82, 2.24) is 0 Å². The number of carbonyl (C=O) groups excluding carboxylic acids is 1. The molecule has 0 bridgehead atoms. The van der Waals surface area contributed by atoms with Crippen molar-refractivity contribution in [2.24, 2.45) is 0 Å². The maximum absolute atomic E-state index is 12.1. The average molecular weight is 253 g/mol. The average Bonchev–Trinajstić information content (AvgIpc) is 2.30. The van der Waals surface area contributed by atoms with Crippen molar-refractivity contribution in [3.63, 3.8) is 0 Å². The van der Waals surface area contributed by atoms with E-state index in [0.29, 0.717) is 12.8 Å². The first-order chi connectivity index (χ1) is 9.02. The van der Waals surface area contributed by atoms with Gasteiger partial charge in [0.15, 0.2) is 0 Å². The molecular weight excluding hydrogens is 234 g/mol. The summed E-state index contributed by atoms with van der Waals surface area (Å²) in [5.74, 6) is 0.231. The Balaban J connectivity index is 2.03. The van der Waals surface area contributed by atoms with Crippen molar-refractivity contribution in [3.8, 4) is 0 Å². The van der Waals surface area contributed by atoms with Gasteiger partial charge in [-0.05, 0) is 37.1 Å². The van der Waals surface area contributed by atoms with Crippen molar-refractivity contribution < 1.29 is 4.79 Å². The zero-order chi connectivity index (χ0) is 13.8. The second-order valence-corrected chi connectivity index (χ2v) is 5.13. The van der Waals surface area contributed by atoms with Crippen LogP contribution in [0, 0.1) is 13.8 Å². The van der Waals surface area contributed by atoms with Crippen LogP contribution >= 0.6 is 0 Å². The normalized spacial score (nSPS) is 10.4. The van der Waals surface area contributed by atoms with E-state index in [1.165, 1.54) is 11.1 Å². The Bertz CT molecular complexity index is 564. The third-order valence-electron chi connectivity index (χ3n) is 3.06. The Kier molecular flexibility index (Phi) is 4.00. The summed E-state index contributed by atoms with van der Waals surface area (Å²) in [5.41, 5.74) is 10.9. The topological polar surface area (TPSA) is 43.1 Å². The van der Waals surface area contributed by atoms with Crippen LogP contribution in [-0.4, -0.2) is 5.78 Å². The minimum absolute atomic E-state index is 0.231. The molecule has 19 heavy (non-hydrogen) atoms. The van der Waals surface area contributed by atoms with E-state index in [1.54, 1.807) is 0 Å². The van der Waals surface area contributed by atoms with Gasteiger partial charge in [-0.1, -0.05) is 41.5 Å². The van der Waals surface area contributed by atoms with Gasteiger partial charge in [0.25, 0.3) is 0 Å². The van der Waals surface area contributed by atoms with Crippen molar-refractivity contribution in [3.05, 3.63) is 64.7 Å². The molecule has 0 radical (unpaired) electrons. The van der Waals surface area contributed by atoms with Gasteiger partial charge in [0.1, 0.15) is 5.78 Å². The number of aryl methyl sites for hydroxylation is 2. The molecule has 2 N–H and O–H groups in total. The summed E-state index contributed by atoms with van der Waals surface area (Å²) in [6.07, 6.45) is 0.958. The predicted molar refractivity (Wildman–Crippen MR) is 79.2 cm³/mol. The number of hydrogen-bond acceptors (Lipinski definition) is 2. The van der Waals surface area contributed by atoms with Crippen LogP contribution in [0.1, 0.15) is 22.3 Å². The first-order valence-corrected chi connectivity index (χ1v) is 6.46. The number of benzene rings is 2. The molecule has 2 nitrogen and oxygen atoms in total. The van der Waals surface area contributed by atoms with Crippen LogP contribution in [0.25, 0.3) is 0 Å². The second-order valence-electron chi connectivity index (χ2n) is 5.13. The zero-order valence-electron chi connectivity index (χ0n) is 11.4. The van der Waals surface area contributed by atoms with Crippen LogP contribution in [0.2, 0.25) is 0 Å². The van der Waals surface area contributed by atoms with E-state index in [9.17, 15) is 4.79 Å². The van der Waals surface area contributed by atoms with Gasteiger partial charge in [-0.3, -0.25) is 4.79 Å². The Morgan fingerprint density at radius 1 is 0.895 bits per heavy atom. The van der Waals surface area contributed by atoms with Crippen LogP contribution in [0.3, 0.4) is 0 Å². The number of hydrogen-bond donors (Lipinski definition) is 1. The van der Waals surface area contributed by atoms with Gasteiger partial charge in [-0.15, -0.1) is 0 Å². The molecule has 2 aromatic carbocycles. The Morgan fingerprint density at radius 2 is 1.42 bits per heavy atom. The highest BCUT2D eigenvalue weighted by molar-refractivity contribution is 5.83. The Morgan fingerprint density at radius 3 is 2.00 bits per heavy atom. The third kappa shape index (κ3) is 3.95.